The van der Waals surface area contributed by atoms with Crippen molar-refractivity contribution in [3.63, 3.8) is 0 Å². The van der Waals surface area contributed by atoms with Crippen molar-refractivity contribution in [1.29, 1.82) is 0 Å². The molecular weight excluding hydrogens is 186 g/mol. The molecule has 2 heteroatoms. The number of piperidine rings is 1. The van der Waals surface area contributed by atoms with Crippen LogP contribution < -0.4 is 5.32 Å². The second kappa shape index (κ2) is 4.05. The van der Waals surface area contributed by atoms with Gasteiger partial charge in [0.05, 0.1) is 5.41 Å². The van der Waals surface area contributed by atoms with Crippen molar-refractivity contribution in [2.75, 3.05) is 6.54 Å². The van der Waals surface area contributed by atoms with Crippen LogP contribution >= 0.6 is 0 Å². The molecule has 2 rings (SSSR count). The van der Waals surface area contributed by atoms with Crippen molar-refractivity contribution in [2.45, 2.75) is 26.2 Å². The Morgan fingerprint density at radius 1 is 1.33 bits per heavy atom. The van der Waals surface area contributed by atoms with Gasteiger partial charge in [0.2, 0.25) is 5.91 Å². The largest absolute Gasteiger partial charge is 0.356 e. The fraction of sp³-hybridized carbons (Fsp3) is 0.462. The fourth-order valence-corrected chi connectivity index (χ4v) is 2.22. The van der Waals surface area contributed by atoms with Crippen LogP contribution in [0.1, 0.15) is 25.3 Å². The van der Waals surface area contributed by atoms with Crippen molar-refractivity contribution in [3.8, 4) is 0 Å². The van der Waals surface area contributed by atoms with Gasteiger partial charge in [-0.2, -0.15) is 0 Å². The summed E-state index contributed by atoms with van der Waals surface area (Å²) < 4.78 is 0. The molecule has 1 aromatic rings. The molecule has 1 atom stereocenters. The fourth-order valence-electron chi connectivity index (χ4n) is 2.22. The van der Waals surface area contributed by atoms with Crippen LogP contribution in [0.4, 0.5) is 0 Å². The predicted molar refractivity (Wildman–Crippen MR) is 60.5 cm³/mol. The number of rotatable bonds is 2. The Kier molecular flexibility index (Phi) is 2.76. The molecule has 1 aliphatic heterocycles. The van der Waals surface area contributed by atoms with Crippen LogP contribution in [0, 0.1) is 5.41 Å². The van der Waals surface area contributed by atoms with Gasteiger partial charge < -0.3 is 5.32 Å². The molecule has 1 aromatic carbocycles. The van der Waals surface area contributed by atoms with Gasteiger partial charge in [0.1, 0.15) is 0 Å². The van der Waals surface area contributed by atoms with Crippen molar-refractivity contribution in [3.05, 3.63) is 35.9 Å². The third kappa shape index (κ3) is 2.20. The molecule has 2 nitrogen and oxygen atoms in total. The first kappa shape index (κ1) is 10.2. The normalized spacial score (nSPS) is 26.1. The second-order valence-electron chi connectivity index (χ2n) is 4.58. The Balaban J connectivity index is 2.13. The van der Waals surface area contributed by atoms with Gasteiger partial charge in [-0.15, -0.1) is 0 Å². The summed E-state index contributed by atoms with van der Waals surface area (Å²) in [7, 11) is 0. The molecule has 80 valence electrons. The van der Waals surface area contributed by atoms with Gasteiger partial charge in [0.25, 0.3) is 0 Å². The van der Waals surface area contributed by atoms with E-state index in [0.717, 1.165) is 25.8 Å². The third-order valence-electron chi connectivity index (χ3n) is 3.18. The standard InChI is InChI=1S/C13H17NO/c1-13(8-5-9-14-12(13)15)10-11-6-3-2-4-7-11/h2-4,6-7H,5,8-10H2,1H3,(H,14,15). The third-order valence-corrected chi connectivity index (χ3v) is 3.18. The zero-order chi connectivity index (χ0) is 10.7. The highest BCUT2D eigenvalue weighted by Crippen LogP contribution is 2.30. The average Bonchev–Trinajstić information content (AvgIpc) is 2.24. The van der Waals surface area contributed by atoms with E-state index < -0.39 is 0 Å². The molecule has 0 spiro atoms. The maximum absolute atomic E-state index is 11.8. The lowest BCUT2D eigenvalue weighted by Crippen LogP contribution is -2.45. The second-order valence-corrected chi connectivity index (χ2v) is 4.58. The first-order chi connectivity index (χ1) is 7.21. The van der Waals surface area contributed by atoms with Gasteiger partial charge in [-0.05, 0) is 24.8 Å². The predicted octanol–water partition coefficient (Wildman–Crippen LogP) is 2.15. The van der Waals surface area contributed by atoms with E-state index in [-0.39, 0.29) is 11.3 Å². The van der Waals surface area contributed by atoms with Crippen LogP contribution in [0.25, 0.3) is 0 Å². The summed E-state index contributed by atoms with van der Waals surface area (Å²) in [6.07, 6.45) is 2.93. The molecule has 1 saturated heterocycles. The minimum atomic E-state index is -0.209. The first-order valence-electron chi connectivity index (χ1n) is 5.53. The van der Waals surface area contributed by atoms with Crippen LogP contribution in [-0.2, 0) is 11.2 Å². The highest BCUT2D eigenvalue weighted by Gasteiger charge is 2.35. The first-order valence-corrected chi connectivity index (χ1v) is 5.53. The summed E-state index contributed by atoms with van der Waals surface area (Å²) in [4.78, 5) is 11.8. The molecule has 1 aliphatic rings. The maximum atomic E-state index is 11.8. The summed E-state index contributed by atoms with van der Waals surface area (Å²) in [6, 6.07) is 10.2. The molecule has 15 heavy (non-hydrogen) atoms. The van der Waals surface area contributed by atoms with Crippen LogP contribution in [-0.4, -0.2) is 12.5 Å². The van der Waals surface area contributed by atoms with E-state index in [2.05, 4.69) is 24.4 Å². The Hall–Kier alpha value is -1.31. The average molecular weight is 203 g/mol. The molecular formula is C13H17NO. The van der Waals surface area contributed by atoms with Crippen LogP contribution in [0.5, 0.6) is 0 Å². The SMILES string of the molecule is CC1(Cc2ccccc2)CCCNC1=O. The molecule has 1 unspecified atom stereocenters. The van der Waals surface area contributed by atoms with Crippen LogP contribution in [0.15, 0.2) is 30.3 Å². The van der Waals surface area contributed by atoms with Crippen molar-refractivity contribution < 1.29 is 4.79 Å². The highest BCUT2D eigenvalue weighted by atomic mass is 16.2. The summed E-state index contributed by atoms with van der Waals surface area (Å²) in [5.41, 5.74) is 1.04. The van der Waals surface area contributed by atoms with Gasteiger partial charge in [0.15, 0.2) is 0 Å². The van der Waals surface area contributed by atoms with E-state index in [4.69, 9.17) is 0 Å². The number of carbonyl (C=O) groups is 1. The van der Waals surface area contributed by atoms with E-state index >= 15 is 0 Å². The molecule has 1 fully saturated rings. The monoisotopic (exact) mass is 203 g/mol. The molecule has 0 saturated carbocycles. The van der Waals surface area contributed by atoms with E-state index in [1.165, 1.54) is 5.56 Å². The smallest absolute Gasteiger partial charge is 0.226 e. The molecule has 0 aromatic heterocycles. The maximum Gasteiger partial charge on any atom is 0.226 e. The van der Waals surface area contributed by atoms with Gasteiger partial charge in [-0.3, -0.25) is 4.79 Å². The van der Waals surface area contributed by atoms with Crippen molar-refractivity contribution in [2.24, 2.45) is 5.41 Å². The lowest BCUT2D eigenvalue weighted by atomic mass is 9.77. The highest BCUT2D eigenvalue weighted by molar-refractivity contribution is 5.83. The van der Waals surface area contributed by atoms with Gasteiger partial charge in [-0.25, -0.2) is 0 Å². The Morgan fingerprint density at radius 3 is 2.73 bits per heavy atom. The quantitative estimate of drug-likeness (QED) is 0.784. The number of benzene rings is 1. The van der Waals surface area contributed by atoms with E-state index in [0.29, 0.717) is 0 Å². The van der Waals surface area contributed by atoms with E-state index in [1.807, 2.05) is 18.2 Å². The summed E-state index contributed by atoms with van der Waals surface area (Å²) in [5.74, 6) is 0.206. The number of hydrogen-bond donors (Lipinski definition) is 1. The van der Waals surface area contributed by atoms with E-state index in [9.17, 15) is 4.79 Å². The Morgan fingerprint density at radius 2 is 2.07 bits per heavy atom. The Labute approximate surface area is 90.7 Å². The minimum absolute atomic E-state index is 0.206. The van der Waals surface area contributed by atoms with Crippen LogP contribution in [0.2, 0.25) is 0 Å². The van der Waals surface area contributed by atoms with Crippen molar-refractivity contribution in [1.82, 2.24) is 5.32 Å². The zero-order valence-electron chi connectivity index (χ0n) is 9.12. The van der Waals surface area contributed by atoms with Gasteiger partial charge in [0, 0.05) is 6.54 Å². The Bertz CT molecular complexity index is 347. The number of carbonyl (C=O) groups excluding carboxylic acids is 1. The molecule has 1 N–H and O–H groups in total. The lowest BCUT2D eigenvalue weighted by molar-refractivity contribution is -0.132. The minimum Gasteiger partial charge on any atom is -0.356 e. The number of hydrogen-bond acceptors (Lipinski definition) is 1. The molecule has 0 aliphatic carbocycles. The number of nitrogens with one attached hydrogen (secondary N) is 1. The summed E-state index contributed by atoms with van der Waals surface area (Å²) in [6.45, 7) is 2.90. The van der Waals surface area contributed by atoms with Gasteiger partial charge in [-0.1, -0.05) is 37.3 Å². The molecule has 0 bridgehead atoms. The molecule has 1 heterocycles. The molecule has 1 amide bonds. The van der Waals surface area contributed by atoms with E-state index in [1.54, 1.807) is 0 Å². The number of amides is 1. The topological polar surface area (TPSA) is 29.1 Å². The summed E-state index contributed by atoms with van der Waals surface area (Å²) >= 11 is 0. The lowest BCUT2D eigenvalue weighted by Gasteiger charge is -2.32. The van der Waals surface area contributed by atoms with Crippen LogP contribution in [0.3, 0.4) is 0 Å². The van der Waals surface area contributed by atoms with Gasteiger partial charge >= 0.3 is 0 Å². The zero-order valence-corrected chi connectivity index (χ0v) is 9.12. The van der Waals surface area contributed by atoms with Crippen molar-refractivity contribution >= 4 is 5.91 Å². The molecule has 0 radical (unpaired) electrons. The summed E-state index contributed by atoms with van der Waals surface area (Å²) in [5, 5.41) is 2.95.